The Morgan fingerprint density at radius 2 is 1.67 bits per heavy atom. The number of hydrogen-bond acceptors (Lipinski definition) is 3. The monoisotopic (exact) mass is 294 g/mol. The minimum Gasteiger partial charge on any atom is -0.493 e. The third-order valence-corrected chi connectivity index (χ3v) is 2.98. The summed E-state index contributed by atoms with van der Waals surface area (Å²) in [6.45, 7) is 0. The van der Waals surface area contributed by atoms with E-state index >= 15 is 0 Å². The van der Waals surface area contributed by atoms with Gasteiger partial charge in [0.2, 0.25) is 0 Å². The largest absolute Gasteiger partial charge is 0.493 e. The SMILES string of the molecule is COc1ccc(-c2cc(F)c(C(=O)O)cc2F)cc1OC. The first-order valence-corrected chi connectivity index (χ1v) is 5.92. The Hall–Kier alpha value is -2.63. The summed E-state index contributed by atoms with van der Waals surface area (Å²) in [5.41, 5.74) is -0.420. The minimum absolute atomic E-state index is 0.0570. The molecule has 110 valence electrons. The van der Waals surface area contributed by atoms with Crippen LogP contribution in [0, 0.1) is 11.6 Å². The molecule has 0 spiro atoms. The summed E-state index contributed by atoms with van der Waals surface area (Å²) in [6.07, 6.45) is 0. The molecule has 0 aliphatic carbocycles. The van der Waals surface area contributed by atoms with Crippen LogP contribution in [-0.2, 0) is 0 Å². The zero-order valence-electron chi connectivity index (χ0n) is 11.3. The zero-order chi connectivity index (χ0) is 15.6. The number of carbonyl (C=O) groups is 1. The molecule has 0 aliphatic heterocycles. The number of rotatable bonds is 4. The van der Waals surface area contributed by atoms with Gasteiger partial charge in [-0.3, -0.25) is 0 Å². The fourth-order valence-electron chi connectivity index (χ4n) is 1.94. The lowest BCUT2D eigenvalue weighted by Gasteiger charge is -2.11. The maximum absolute atomic E-state index is 14.0. The van der Waals surface area contributed by atoms with Crippen LogP contribution in [-0.4, -0.2) is 25.3 Å². The highest BCUT2D eigenvalue weighted by Gasteiger charge is 2.17. The van der Waals surface area contributed by atoms with E-state index in [-0.39, 0.29) is 5.56 Å². The number of methoxy groups -OCH3 is 2. The van der Waals surface area contributed by atoms with Crippen molar-refractivity contribution in [1.82, 2.24) is 0 Å². The van der Waals surface area contributed by atoms with E-state index in [1.807, 2.05) is 0 Å². The minimum atomic E-state index is -1.52. The summed E-state index contributed by atoms with van der Waals surface area (Å²) < 4.78 is 37.8. The van der Waals surface area contributed by atoms with Gasteiger partial charge in [0.25, 0.3) is 0 Å². The van der Waals surface area contributed by atoms with Gasteiger partial charge in [-0.1, -0.05) is 6.07 Å². The Bertz CT molecular complexity index is 698. The Labute approximate surface area is 119 Å². The first-order valence-electron chi connectivity index (χ1n) is 5.92. The molecule has 4 nitrogen and oxygen atoms in total. The van der Waals surface area contributed by atoms with Crippen LogP contribution in [0.25, 0.3) is 11.1 Å². The van der Waals surface area contributed by atoms with Crippen molar-refractivity contribution in [2.24, 2.45) is 0 Å². The van der Waals surface area contributed by atoms with Crippen molar-refractivity contribution >= 4 is 5.97 Å². The van der Waals surface area contributed by atoms with Crippen molar-refractivity contribution in [3.05, 3.63) is 47.5 Å². The lowest BCUT2D eigenvalue weighted by atomic mass is 10.0. The molecule has 0 radical (unpaired) electrons. The highest BCUT2D eigenvalue weighted by atomic mass is 19.1. The van der Waals surface area contributed by atoms with E-state index < -0.39 is 23.2 Å². The molecule has 0 bridgehead atoms. The van der Waals surface area contributed by atoms with Crippen molar-refractivity contribution < 1.29 is 28.2 Å². The van der Waals surface area contributed by atoms with E-state index in [2.05, 4.69) is 0 Å². The van der Waals surface area contributed by atoms with Gasteiger partial charge in [0.05, 0.1) is 19.8 Å². The fourth-order valence-corrected chi connectivity index (χ4v) is 1.94. The van der Waals surface area contributed by atoms with E-state index in [9.17, 15) is 13.6 Å². The lowest BCUT2D eigenvalue weighted by molar-refractivity contribution is 0.0691. The summed E-state index contributed by atoms with van der Waals surface area (Å²) in [5, 5.41) is 8.76. The molecule has 0 saturated carbocycles. The van der Waals surface area contributed by atoms with Crippen LogP contribution in [0.4, 0.5) is 8.78 Å². The van der Waals surface area contributed by atoms with Crippen LogP contribution in [0.2, 0.25) is 0 Å². The van der Waals surface area contributed by atoms with Gasteiger partial charge in [0.1, 0.15) is 11.6 Å². The molecule has 2 aromatic rings. The lowest BCUT2D eigenvalue weighted by Crippen LogP contribution is -2.02. The van der Waals surface area contributed by atoms with Crippen molar-refractivity contribution in [1.29, 1.82) is 0 Å². The average Bonchev–Trinajstić information content (AvgIpc) is 2.48. The number of benzene rings is 2. The molecular weight excluding hydrogens is 282 g/mol. The summed E-state index contributed by atoms with van der Waals surface area (Å²) in [4.78, 5) is 10.8. The van der Waals surface area contributed by atoms with Gasteiger partial charge in [-0.05, 0) is 29.8 Å². The van der Waals surface area contributed by atoms with Gasteiger partial charge in [-0.15, -0.1) is 0 Å². The van der Waals surface area contributed by atoms with Crippen LogP contribution in [0.15, 0.2) is 30.3 Å². The number of ether oxygens (including phenoxy) is 2. The Morgan fingerprint density at radius 1 is 1.00 bits per heavy atom. The number of halogens is 2. The number of hydrogen-bond donors (Lipinski definition) is 1. The predicted molar refractivity (Wildman–Crippen MR) is 71.9 cm³/mol. The molecule has 21 heavy (non-hydrogen) atoms. The van der Waals surface area contributed by atoms with Crippen molar-refractivity contribution in [3.63, 3.8) is 0 Å². The van der Waals surface area contributed by atoms with Gasteiger partial charge in [0.15, 0.2) is 11.5 Å². The van der Waals surface area contributed by atoms with Crippen LogP contribution in [0.5, 0.6) is 11.5 Å². The van der Waals surface area contributed by atoms with E-state index in [0.29, 0.717) is 23.1 Å². The molecule has 0 saturated heterocycles. The number of carboxylic acid groups (broad SMARTS) is 1. The highest BCUT2D eigenvalue weighted by Crippen LogP contribution is 2.34. The maximum Gasteiger partial charge on any atom is 0.338 e. The first kappa shape index (κ1) is 14.8. The Balaban J connectivity index is 2.57. The molecule has 2 aromatic carbocycles. The van der Waals surface area contributed by atoms with Crippen molar-refractivity contribution in [2.45, 2.75) is 0 Å². The predicted octanol–water partition coefficient (Wildman–Crippen LogP) is 3.35. The third-order valence-electron chi connectivity index (χ3n) is 2.98. The second-order valence-electron chi connectivity index (χ2n) is 4.19. The molecule has 0 heterocycles. The van der Waals surface area contributed by atoms with Gasteiger partial charge in [-0.2, -0.15) is 0 Å². The van der Waals surface area contributed by atoms with Crippen LogP contribution >= 0.6 is 0 Å². The first-order chi connectivity index (χ1) is 9.97. The molecule has 0 unspecified atom stereocenters. The zero-order valence-corrected chi connectivity index (χ0v) is 11.3. The van der Waals surface area contributed by atoms with Gasteiger partial charge in [-0.25, -0.2) is 13.6 Å². The molecule has 0 atom stereocenters. The van der Waals surface area contributed by atoms with E-state index in [1.165, 1.54) is 26.4 Å². The third kappa shape index (κ3) is 2.79. The quantitative estimate of drug-likeness (QED) is 0.939. The molecule has 1 N–H and O–H groups in total. The van der Waals surface area contributed by atoms with Crippen LogP contribution in [0.3, 0.4) is 0 Å². The van der Waals surface area contributed by atoms with Crippen LogP contribution < -0.4 is 9.47 Å². The smallest absolute Gasteiger partial charge is 0.338 e. The summed E-state index contributed by atoms with van der Waals surface area (Å²) in [6, 6.07) is 6.07. The normalized spacial score (nSPS) is 10.3. The molecule has 0 aromatic heterocycles. The average molecular weight is 294 g/mol. The molecule has 0 amide bonds. The Kier molecular flexibility index (Phi) is 4.07. The molecule has 0 fully saturated rings. The van der Waals surface area contributed by atoms with E-state index in [4.69, 9.17) is 14.6 Å². The van der Waals surface area contributed by atoms with Gasteiger partial charge >= 0.3 is 5.97 Å². The highest BCUT2D eigenvalue weighted by molar-refractivity contribution is 5.89. The topological polar surface area (TPSA) is 55.8 Å². The van der Waals surface area contributed by atoms with Crippen molar-refractivity contribution in [2.75, 3.05) is 14.2 Å². The number of aromatic carboxylic acids is 1. The standard InChI is InChI=1S/C15H12F2O4/c1-20-13-4-3-8(5-14(13)21-2)9-6-12(17)10(15(18)19)7-11(9)16/h3-7H,1-2H3,(H,18,19). The summed E-state index contributed by atoms with van der Waals surface area (Å²) >= 11 is 0. The Morgan fingerprint density at radius 3 is 2.24 bits per heavy atom. The maximum atomic E-state index is 14.0. The molecule has 2 rings (SSSR count). The summed E-state index contributed by atoms with van der Waals surface area (Å²) in [7, 11) is 2.88. The molecule has 0 aliphatic rings. The number of carboxylic acids is 1. The summed E-state index contributed by atoms with van der Waals surface area (Å²) in [5.74, 6) is -2.55. The second kappa shape index (κ2) is 5.78. The fraction of sp³-hybridized carbons (Fsp3) is 0.133. The molecular formula is C15H12F2O4. The van der Waals surface area contributed by atoms with Crippen LogP contribution in [0.1, 0.15) is 10.4 Å². The van der Waals surface area contributed by atoms with Gasteiger partial charge < -0.3 is 14.6 Å². The second-order valence-corrected chi connectivity index (χ2v) is 4.19. The van der Waals surface area contributed by atoms with Gasteiger partial charge in [0, 0.05) is 5.56 Å². The van der Waals surface area contributed by atoms with E-state index in [1.54, 1.807) is 6.07 Å². The van der Waals surface area contributed by atoms with E-state index in [0.717, 1.165) is 6.07 Å². The molecule has 6 heteroatoms. The van der Waals surface area contributed by atoms with Crippen molar-refractivity contribution in [3.8, 4) is 22.6 Å².